The molecule has 0 aliphatic heterocycles. The van der Waals surface area contributed by atoms with Gasteiger partial charge in [-0.3, -0.25) is 0 Å². The minimum atomic E-state index is 1.13. The first-order valence-electron chi connectivity index (χ1n) is 10.8. The van der Waals surface area contributed by atoms with Gasteiger partial charge in [0.05, 0.1) is 0 Å². The Bertz CT molecular complexity index is 218. The highest BCUT2D eigenvalue weighted by atomic mass is 15.1. The van der Waals surface area contributed by atoms with Crippen LogP contribution in [0.3, 0.4) is 0 Å². The summed E-state index contributed by atoms with van der Waals surface area (Å²) in [6.45, 7) is 22.9. The molecule has 0 radical (unpaired) electrons. The predicted octanol–water partition coefficient (Wildman–Crippen LogP) is 2.00. The zero-order chi connectivity index (χ0) is 18.6. The topological polar surface area (TPSA) is 42.6 Å². The van der Waals surface area contributed by atoms with Gasteiger partial charge in [0.1, 0.15) is 0 Å². The second kappa shape index (κ2) is 20.1. The van der Waals surface area contributed by atoms with Gasteiger partial charge in [-0.1, -0.05) is 27.7 Å². The summed E-state index contributed by atoms with van der Waals surface area (Å²) >= 11 is 0. The lowest BCUT2D eigenvalue weighted by Gasteiger charge is -2.17. The fraction of sp³-hybridized carbons (Fsp3) is 1.00. The van der Waals surface area contributed by atoms with Crippen LogP contribution in [-0.4, -0.2) is 88.3 Å². The van der Waals surface area contributed by atoms with Crippen molar-refractivity contribution in [2.24, 2.45) is 0 Å². The van der Waals surface area contributed by atoms with Crippen molar-refractivity contribution in [3.63, 3.8) is 0 Å². The number of hydrogen-bond acceptors (Lipinski definition) is 5. The monoisotopic (exact) mass is 357 g/mol. The Kier molecular flexibility index (Phi) is 20.0. The molecule has 0 bridgehead atoms. The summed E-state index contributed by atoms with van der Waals surface area (Å²) in [4.78, 5) is 4.97. The number of rotatable bonds is 20. The smallest absolute Gasteiger partial charge is 0.000687 e. The van der Waals surface area contributed by atoms with Crippen LogP contribution in [0.2, 0.25) is 0 Å². The van der Waals surface area contributed by atoms with Gasteiger partial charge >= 0.3 is 0 Å². The van der Waals surface area contributed by atoms with Crippen molar-refractivity contribution in [1.82, 2.24) is 25.8 Å². The largest absolute Gasteiger partial charge is 0.317 e. The zero-order valence-corrected chi connectivity index (χ0v) is 17.7. The first-order valence-corrected chi connectivity index (χ1v) is 10.8. The highest BCUT2D eigenvalue weighted by molar-refractivity contribution is 4.58. The molecule has 25 heavy (non-hydrogen) atoms. The lowest BCUT2D eigenvalue weighted by atomic mass is 10.3. The molecule has 0 atom stereocenters. The van der Waals surface area contributed by atoms with E-state index in [0.717, 1.165) is 39.3 Å². The highest BCUT2D eigenvalue weighted by Crippen LogP contribution is 1.90. The Balaban J connectivity index is 3.12. The molecule has 5 nitrogen and oxygen atoms in total. The second-order valence-corrected chi connectivity index (χ2v) is 6.72. The van der Waals surface area contributed by atoms with E-state index in [2.05, 4.69) is 53.4 Å². The molecule has 5 heteroatoms. The van der Waals surface area contributed by atoms with Crippen molar-refractivity contribution in [2.75, 3.05) is 78.5 Å². The molecular formula is C20H47N5. The number of hydrogen-bond donors (Lipinski definition) is 3. The summed E-state index contributed by atoms with van der Waals surface area (Å²) < 4.78 is 0. The lowest BCUT2D eigenvalue weighted by molar-refractivity contribution is 0.298. The van der Waals surface area contributed by atoms with E-state index in [1.54, 1.807) is 0 Å². The van der Waals surface area contributed by atoms with E-state index in [4.69, 9.17) is 0 Å². The van der Waals surface area contributed by atoms with Gasteiger partial charge in [-0.25, -0.2) is 0 Å². The van der Waals surface area contributed by atoms with Crippen LogP contribution in [0.1, 0.15) is 53.4 Å². The van der Waals surface area contributed by atoms with E-state index in [-0.39, 0.29) is 0 Å². The maximum atomic E-state index is 3.55. The highest BCUT2D eigenvalue weighted by Gasteiger charge is 1.98. The van der Waals surface area contributed by atoms with Crippen molar-refractivity contribution in [3.05, 3.63) is 0 Å². The molecule has 0 aliphatic rings. The van der Waals surface area contributed by atoms with Crippen LogP contribution < -0.4 is 16.0 Å². The van der Waals surface area contributed by atoms with Crippen molar-refractivity contribution >= 4 is 0 Å². The fourth-order valence-electron chi connectivity index (χ4n) is 2.99. The summed E-state index contributed by atoms with van der Waals surface area (Å²) in [6, 6.07) is 0. The maximum Gasteiger partial charge on any atom is -0.000687 e. The lowest BCUT2D eigenvalue weighted by Crippen LogP contribution is -2.29. The molecule has 0 aromatic rings. The van der Waals surface area contributed by atoms with Crippen LogP contribution in [0.4, 0.5) is 0 Å². The number of nitrogens with one attached hydrogen (secondary N) is 3. The molecule has 0 unspecified atom stereocenters. The molecule has 0 saturated carbocycles. The van der Waals surface area contributed by atoms with E-state index in [0.29, 0.717) is 0 Å². The Morgan fingerprint density at radius 3 is 1.00 bits per heavy atom. The Labute approximate surface area is 158 Å². The molecule has 152 valence electrons. The zero-order valence-electron chi connectivity index (χ0n) is 17.7. The van der Waals surface area contributed by atoms with Crippen LogP contribution >= 0.6 is 0 Å². The average Bonchev–Trinajstić information content (AvgIpc) is 2.64. The van der Waals surface area contributed by atoms with Gasteiger partial charge in [0.15, 0.2) is 0 Å². The summed E-state index contributed by atoms with van der Waals surface area (Å²) in [5.74, 6) is 0. The van der Waals surface area contributed by atoms with Gasteiger partial charge in [0.2, 0.25) is 0 Å². The quantitative estimate of drug-likeness (QED) is 0.291. The van der Waals surface area contributed by atoms with Crippen LogP contribution in [-0.2, 0) is 0 Å². The summed E-state index contributed by atoms with van der Waals surface area (Å²) in [5.41, 5.74) is 0. The third-order valence-electron chi connectivity index (χ3n) is 4.86. The third kappa shape index (κ3) is 17.0. The van der Waals surface area contributed by atoms with E-state index in [1.165, 1.54) is 65.0 Å². The second-order valence-electron chi connectivity index (χ2n) is 6.72. The molecule has 0 rings (SSSR count). The molecule has 0 aliphatic carbocycles. The Hall–Kier alpha value is -0.200. The molecule has 0 fully saturated rings. The van der Waals surface area contributed by atoms with E-state index in [9.17, 15) is 0 Å². The van der Waals surface area contributed by atoms with Gasteiger partial charge in [0, 0.05) is 0 Å². The molecule has 0 heterocycles. The van der Waals surface area contributed by atoms with Crippen molar-refractivity contribution in [2.45, 2.75) is 53.4 Å². The van der Waals surface area contributed by atoms with Crippen LogP contribution in [0, 0.1) is 0 Å². The fourth-order valence-corrected chi connectivity index (χ4v) is 2.99. The molecule has 0 aromatic heterocycles. The summed E-state index contributed by atoms with van der Waals surface area (Å²) in [7, 11) is 0. The normalized spacial score (nSPS) is 11.8. The molecule has 0 spiro atoms. The van der Waals surface area contributed by atoms with Gasteiger partial charge in [-0.15, -0.1) is 0 Å². The Morgan fingerprint density at radius 1 is 0.440 bits per heavy atom. The first-order chi connectivity index (χ1) is 12.3. The van der Waals surface area contributed by atoms with Gasteiger partial charge in [0.25, 0.3) is 0 Å². The van der Waals surface area contributed by atoms with Gasteiger partial charge in [-0.2, -0.15) is 0 Å². The van der Waals surface area contributed by atoms with Crippen molar-refractivity contribution < 1.29 is 0 Å². The first kappa shape index (κ1) is 24.8. The van der Waals surface area contributed by atoms with E-state index in [1.807, 2.05) is 0 Å². The summed E-state index contributed by atoms with van der Waals surface area (Å²) in [5, 5.41) is 10.6. The summed E-state index contributed by atoms with van der Waals surface area (Å²) in [6.07, 6.45) is 4.97. The minimum absolute atomic E-state index is 1.13. The van der Waals surface area contributed by atoms with Crippen LogP contribution in [0.15, 0.2) is 0 Å². The van der Waals surface area contributed by atoms with Crippen LogP contribution in [0.25, 0.3) is 0 Å². The van der Waals surface area contributed by atoms with Crippen LogP contribution in [0.5, 0.6) is 0 Å². The van der Waals surface area contributed by atoms with Gasteiger partial charge in [-0.05, 0) is 104 Å². The van der Waals surface area contributed by atoms with Crippen molar-refractivity contribution in [3.8, 4) is 0 Å². The predicted molar refractivity (Wildman–Crippen MR) is 113 cm³/mol. The SMILES string of the molecule is CCN(CC)CCCNCCCNCCCNCCCN(CC)CC. The minimum Gasteiger partial charge on any atom is -0.317 e. The number of nitrogens with zero attached hydrogens (tertiary/aromatic N) is 2. The molecule has 0 aromatic carbocycles. The molecular weight excluding hydrogens is 310 g/mol. The maximum absolute atomic E-state index is 3.55. The van der Waals surface area contributed by atoms with Gasteiger partial charge < -0.3 is 25.8 Å². The van der Waals surface area contributed by atoms with Crippen molar-refractivity contribution in [1.29, 1.82) is 0 Å². The molecule has 0 amide bonds. The average molecular weight is 358 g/mol. The standard InChI is InChI=1S/C20H47N5/c1-5-24(6-2)19-11-17-22-15-9-13-21-14-10-16-23-18-12-20-25(7-3)8-4/h21-23H,5-20H2,1-4H3. The third-order valence-corrected chi connectivity index (χ3v) is 4.86. The molecule has 3 N–H and O–H groups in total. The molecule has 0 saturated heterocycles. The van der Waals surface area contributed by atoms with E-state index >= 15 is 0 Å². The Morgan fingerprint density at radius 2 is 0.720 bits per heavy atom. The van der Waals surface area contributed by atoms with E-state index < -0.39 is 0 Å².